The van der Waals surface area contributed by atoms with Crippen LogP contribution in [-0.2, 0) is 0 Å². The SMILES string of the molecule is CCCCC/C=C\CCCCCCCCCCCCCC(CCCCCCCCC)N(C)C. The summed E-state index contributed by atoms with van der Waals surface area (Å²) in [6, 6.07) is 0.817. The molecule has 1 heteroatoms. The highest BCUT2D eigenvalue weighted by atomic mass is 15.1. The molecule has 1 unspecified atom stereocenters. The predicted molar refractivity (Wildman–Crippen MR) is 153 cm³/mol. The van der Waals surface area contributed by atoms with E-state index >= 15 is 0 Å². The molecule has 0 heterocycles. The van der Waals surface area contributed by atoms with E-state index in [1.807, 2.05) is 0 Å². The maximum absolute atomic E-state index is 2.49. The summed E-state index contributed by atoms with van der Waals surface area (Å²) >= 11 is 0. The Kier molecular flexibility index (Phi) is 27.7. The summed E-state index contributed by atoms with van der Waals surface area (Å²) in [5.41, 5.74) is 0. The van der Waals surface area contributed by atoms with Crippen molar-refractivity contribution < 1.29 is 0 Å². The van der Waals surface area contributed by atoms with Gasteiger partial charge in [0.1, 0.15) is 0 Å². The molecular formula is C32H65N. The highest BCUT2D eigenvalue weighted by molar-refractivity contribution is 4.81. The molecule has 0 radical (unpaired) electrons. The molecule has 33 heavy (non-hydrogen) atoms. The first-order valence-corrected chi connectivity index (χ1v) is 15.5. The van der Waals surface area contributed by atoms with Crippen LogP contribution < -0.4 is 0 Å². The van der Waals surface area contributed by atoms with Gasteiger partial charge >= 0.3 is 0 Å². The fraction of sp³-hybridized carbons (Fsp3) is 0.938. The molecule has 0 saturated heterocycles. The topological polar surface area (TPSA) is 3.24 Å². The van der Waals surface area contributed by atoms with Crippen LogP contribution in [0.2, 0.25) is 0 Å². The maximum Gasteiger partial charge on any atom is 0.00891 e. The van der Waals surface area contributed by atoms with E-state index in [0.717, 1.165) is 6.04 Å². The average Bonchev–Trinajstić information content (AvgIpc) is 2.81. The standard InChI is InChI=1S/C32H65N/c1-5-7-9-11-13-14-15-16-17-18-19-20-21-22-23-25-27-29-31-32(33(3)4)30-28-26-24-12-10-8-6-2/h13-14,32H,5-12,15-31H2,1-4H3/b14-13-. The second-order valence-electron chi connectivity index (χ2n) is 11.0. The van der Waals surface area contributed by atoms with Gasteiger partial charge < -0.3 is 4.90 Å². The zero-order valence-corrected chi connectivity index (χ0v) is 23.9. The molecule has 198 valence electrons. The Morgan fingerprint density at radius 2 is 0.727 bits per heavy atom. The normalized spacial score (nSPS) is 12.9. The van der Waals surface area contributed by atoms with Gasteiger partial charge in [0, 0.05) is 6.04 Å². The molecule has 0 spiro atoms. The molecule has 0 aliphatic carbocycles. The summed E-state index contributed by atoms with van der Waals surface area (Å²) in [5, 5.41) is 0. The molecule has 0 N–H and O–H groups in total. The first kappa shape index (κ1) is 32.7. The number of hydrogen-bond acceptors (Lipinski definition) is 1. The summed E-state index contributed by atoms with van der Waals surface area (Å²) < 4.78 is 0. The van der Waals surface area contributed by atoms with Crippen molar-refractivity contribution in [3.63, 3.8) is 0 Å². The van der Waals surface area contributed by atoms with Crippen molar-refractivity contribution >= 4 is 0 Å². The van der Waals surface area contributed by atoms with Gasteiger partial charge in [0.25, 0.3) is 0 Å². The minimum absolute atomic E-state index is 0.817. The Balaban J connectivity index is 3.37. The summed E-state index contributed by atoms with van der Waals surface area (Å²) in [5.74, 6) is 0. The van der Waals surface area contributed by atoms with Crippen molar-refractivity contribution in [2.24, 2.45) is 0 Å². The van der Waals surface area contributed by atoms with Gasteiger partial charge in [-0.2, -0.15) is 0 Å². The van der Waals surface area contributed by atoms with Crippen LogP contribution in [0.3, 0.4) is 0 Å². The van der Waals surface area contributed by atoms with Gasteiger partial charge in [-0.05, 0) is 52.6 Å². The molecule has 0 aromatic carbocycles. The van der Waals surface area contributed by atoms with Gasteiger partial charge in [-0.1, -0.05) is 148 Å². The number of allylic oxidation sites excluding steroid dienone is 2. The van der Waals surface area contributed by atoms with Crippen molar-refractivity contribution in [2.45, 2.75) is 180 Å². The zero-order valence-electron chi connectivity index (χ0n) is 23.9. The number of rotatable bonds is 27. The first-order valence-electron chi connectivity index (χ1n) is 15.5. The van der Waals surface area contributed by atoms with Crippen LogP contribution in [0.5, 0.6) is 0 Å². The van der Waals surface area contributed by atoms with Gasteiger partial charge in [-0.3, -0.25) is 0 Å². The van der Waals surface area contributed by atoms with Gasteiger partial charge in [-0.25, -0.2) is 0 Å². The second-order valence-corrected chi connectivity index (χ2v) is 11.0. The van der Waals surface area contributed by atoms with Gasteiger partial charge in [0.15, 0.2) is 0 Å². The van der Waals surface area contributed by atoms with Gasteiger partial charge in [-0.15, -0.1) is 0 Å². The van der Waals surface area contributed by atoms with Crippen LogP contribution in [0.4, 0.5) is 0 Å². The Morgan fingerprint density at radius 3 is 1.12 bits per heavy atom. The maximum atomic E-state index is 2.49. The third kappa shape index (κ3) is 26.2. The van der Waals surface area contributed by atoms with Crippen molar-refractivity contribution in [1.82, 2.24) is 4.90 Å². The monoisotopic (exact) mass is 464 g/mol. The van der Waals surface area contributed by atoms with E-state index in [1.165, 1.54) is 161 Å². The molecule has 0 fully saturated rings. The van der Waals surface area contributed by atoms with E-state index in [4.69, 9.17) is 0 Å². The molecule has 0 amide bonds. The molecule has 1 atom stereocenters. The molecule has 0 rings (SSSR count). The Bertz CT molecular complexity index is 373. The molecule has 0 aliphatic rings. The third-order valence-electron chi connectivity index (χ3n) is 7.42. The highest BCUT2D eigenvalue weighted by Crippen LogP contribution is 2.18. The molecular weight excluding hydrogens is 398 g/mol. The number of hydrogen-bond donors (Lipinski definition) is 0. The molecule has 1 nitrogen and oxygen atoms in total. The van der Waals surface area contributed by atoms with Crippen molar-refractivity contribution in [2.75, 3.05) is 14.1 Å². The minimum Gasteiger partial charge on any atom is -0.306 e. The fourth-order valence-corrected chi connectivity index (χ4v) is 4.98. The molecule has 0 aromatic rings. The Hall–Kier alpha value is -0.300. The Labute approximate surface area is 211 Å². The summed E-state index contributed by atoms with van der Waals surface area (Å²) in [4.78, 5) is 2.49. The Morgan fingerprint density at radius 1 is 0.424 bits per heavy atom. The van der Waals surface area contributed by atoms with Crippen LogP contribution in [-0.4, -0.2) is 25.0 Å². The van der Waals surface area contributed by atoms with E-state index in [9.17, 15) is 0 Å². The second kappa shape index (κ2) is 27.9. The lowest BCUT2D eigenvalue weighted by Gasteiger charge is -2.24. The molecule has 0 aliphatic heterocycles. The smallest absolute Gasteiger partial charge is 0.00891 e. The van der Waals surface area contributed by atoms with Crippen LogP contribution >= 0.6 is 0 Å². The quantitative estimate of drug-likeness (QED) is 0.0864. The average molecular weight is 464 g/mol. The number of nitrogens with zero attached hydrogens (tertiary/aromatic N) is 1. The lowest BCUT2D eigenvalue weighted by Crippen LogP contribution is -2.27. The van der Waals surface area contributed by atoms with Crippen molar-refractivity contribution in [1.29, 1.82) is 0 Å². The van der Waals surface area contributed by atoms with E-state index in [1.54, 1.807) is 0 Å². The highest BCUT2D eigenvalue weighted by Gasteiger charge is 2.10. The van der Waals surface area contributed by atoms with Crippen molar-refractivity contribution in [3.05, 3.63) is 12.2 Å². The largest absolute Gasteiger partial charge is 0.306 e. The summed E-state index contributed by atoms with van der Waals surface area (Å²) in [6.07, 6.45) is 40.4. The number of unbranched alkanes of at least 4 members (excludes halogenated alkanes) is 20. The lowest BCUT2D eigenvalue weighted by molar-refractivity contribution is 0.251. The van der Waals surface area contributed by atoms with Gasteiger partial charge in [0.05, 0.1) is 0 Å². The molecule has 0 bridgehead atoms. The summed E-state index contributed by atoms with van der Waals surface area (Å²) in [6.45, 7) is 4.59. The predicted octanol–water partition coefficient (Wildman–Crippen LogP) is 11.3. The van der Waals surface area contributed by atoms with Crippen LogP contribution in [0.15, 0.2) is 12.2 Å². The van der Waals surface area contributed by atoms with Crippen molar-refractivity contribution in [3.8, 4) is 0 Å². The van der Waals surface area contributed by atoms with E-state index in [2.05, 4.69) is 45.0 Å². The van der Waals surface area contributed by atoms with Gasteiger partial charge in [0.2, 0.25) is 0 Å². The van der Waals surface area contributed by atoms with Crippen LogP contribution in [0, 0.1) is 0 Å². The first-order chi connectivity index (χ1) is 16.2. The molecule has 0 aromatic heterocycles. The van der Waals surface area contributed by atoms with E-state index in [0.29, 0.717) is 0 Å². The zero-order chi connectivity index (χ0) is 24.2. The minimum atomic E-state index is 0.817. The lowest BCUT2D eigenvalue weighted by atomic mass is 9.99. The fourth-order valence-electron chi connectivity index (χ4n) is 4.98. The third-order valence-corrected chi connectivity index (χ3v) is 7.42. The summed E-state index contributed by atoms with van der Waals surface area (Å²) in [7, 11) is 4.58. The van der Waals surface area contributed by atoms with Crippen LogP contribution in [0.1, 0.15) is 174 Å². The van der Waals surface area contributed by atoms with E-state index < -0.39 is 0 Å². The molecule has 0 saturated carbocycles. The van der Waals surface area contributed by atoms with E-state index in [-0.39, 0.29) is 0 Å². The van der Waals surface area contributed by atoms with Crippen LogP contribution in [0.25, 0.3) is 0 Å².